The van der Waals surface area contributed by atoms with E-state index in [0.29, 0.717) is 25.5 Å². The van der Waals surface area contributed by atoms with Crippen LogP contribution in [0.4, 0.5) is 11.5 Å². The van der Waals surface area contributed by atoms with E-state index in [1.807, 2.05) is 42.6 Å². The van der Waals surface area contributed by atoms with Gasteiger partial charge in [0.1, 0.15) is 19.0 Å². The van der Waals surface area contributed by atoms with Gasteiger partial charge >= 0.3 is 0 Å². The van der Waals surface area contributed by atoms with E-state index >= 15 is 0 Å². The van der Waals surface area contributed by atoms with E-state index in [-0.39, 0.29) is 5.91 Å². The highest BCUT2D eigenvalue weighted by Crippen LogP contribution is 2.32. The van der Waals surface area contributed by atoms with Crippen LogP contribution in [-0.2, 0) is 4.79 Å². The van der Waals surface area contributed by atoms with E-state index in [0.717, 1.165) is 43.4 Å². The van der Waals surface area contributed by atoms with E-state index in [4.69, 9.17) is 9.47 Å². The molecule has 0 atom stereocenters. The van der Waals surface area contributed by atoms with Crippen LogP contribution in [-0.4, -0.2) is 56.8 Å². The lowest BCUT2D eigenvalue weighted by molar-refractivity contribution is -0.892. The highest BCUT2D eigenvalue weighted by molar-refractivity contribution is 5.91. The number of ether oxygens (including phenoxy) is 2. The second kappa shape index (κ2) is 7.61. The number of nitrogens with one attached hydrogen (secondary N) is 2. The molecule has 0 radical (unpaired) electrons. The number of nitrogens with zero attached hydrogens (tertiary/aromatic N) is 2. The highest BCUT2D eigenvalue weighted by Gasteiger charge is 2.23. The Bertz CT molecular complexity index is 761. The third-order valence-electron chi connectivity index (χ3n) is 4.68. The molecule has 2 aliphatic heterocycles. The van der Waals surface area contributed by atoms with Gasteiger partial charge in [-0.3, -0.25) is 4.79 Å². The Morgan fingerprint density at radius 1 is 1.12 bits per heavy atom. The van der Waals surface area contributed by atoms with Crippen molar-refractivity contribution < 1.29 is 19.2 Å². The minimum Gasteiger partial charge on any atom is -0.486 e. The fourth-order valence-corrected chi connectivity index (χ4v) is 3.32. The molecule has 1 saturated heterocycles. The van der Waals surface area contributed by atoms with Gasteiger partial charge in [-0.1, -0.05) is 6.07 Å². The summed E-state index contributed by atoms with van der Waals surface area (Å²) in [5.74, 6) is 2.44. The number of pyridine rings is 1. The van der Waals surface area contributed by atoms with Gasteiger partial charge in [0.15, 0.2) is 18.0 Å². The Morgan fingerprint density at radius 3 is 2.69 bits per heavy atom. The van der Waals surface area contributed by atoms with Crippen LogP contribution in [0.15, 0.2) is 42.6 Å². The summed E-state index contributed by atoms with van der Waals surface area (Å²) in [7, 11) is 0. The Morgan fingerprint density at radius 2 is 1.92 bits per heavy atom. The maximum atomic E-state index is 12.4. The lowest BCUT2D eigenvalue weighted by atomic mass is 10.2. The average molecular weight is 355 g/mol. The number of amides is 1. The molecule has 1 amide bonds. The predicted molar refractivity (Wildman–Crippen MR) is 98.1 cm³/mol. The molecule has 2 N–H and O–H groups in total. The van der Waals surface area contributed by atoms with E-state index in [9.17, 15) is 4.79 Å². The predicted octanol–water partition coefficient (Wildman–Crippen LogP) is 0.196. The molecule has 3 heterocycles. The van der Waals surface area contributed by atoms with Crippen LogP contribution < -0.4 is 24.6 Å². The molecular formula is C19H23N4O3+. The van der Waals surface area contributed by atoms with Gasteiger partial charge < -0.3 is 24.6 Å². The number of quaternary nitrogens is 1. The van der Waals surface area contributed by atoms with Crippen LogP contribution in [0.3, 0.4) is 0 Å². The smallest absolute Gasteiger partial charge is 0.279 e. The second-order valence-electron chi connectivity index (χ2n) is 6.51. The highest BCUT2D eigenvalue weighted by atomic mass is 16.6. The van der Waals surface area contributed by atoms with Crippen LogP contribution in [0.5, 0.6) is 11.5 Å². The molecule has 7 nitrogen and oxygen atoms in total. The molecule has 2 aromatic rings. The Hall–Kier alpha value is -2.80. The third kappa shape index (κ3) is 3.88. The molecule has 2 aliphatic rings. The number of hydrogen-bond acceptors (Lipinski definition) is 5. The zero-order valence-electron chi connectivity index (χ0n) is 14.6. The van der Waals surface area contributed by atoms with Crippen molar-refractivity contribution in [1.82, 2.24) is 4.98 Å². The van der Waals surface area contributed by atoms with Gasteiger partial charge in [-0.2, -0.15) is 0 Å². The number of anilines is 2. The van der Waals surface area contributed by atoms with Crippen LogP contribution in [0.25, 0.3) is 0 Å². The lowest BCUT2D eigenvalue weighted by Crippen LogP contribution is -3.15. The summed E-state index contributed by atoms with van der Waals surface area (Å²) in [4.78, 5) is 20.3. The standard InChI is InChI=1S/C19H22N4O3/c24-19(21-15-4-5-16-17(13-15)26-12-11-25-16)14-22-7-9-23(10-8-22)18-3-1-2-6-20-18/h1-6,13H,7-12,14H2,(H,21,24)/p+1. The first kappa shape index (κ1) is 16.7. The van der Waals surface area contributed by atoms with Crippen LogP contribution in [0, 0.1) is 0 Å². The van der Waals surface area contributed by atoms with Crippen LogP contribution >= 0.6 is 0 Å². The maximum Gasteiger partial charge on any atom is 0.279 e. The summed E-state index contributed by atoms with van der Waals surface area (Å²) >= 11 is 0. The fourth-order valence-electron chi connectivity index (χ4n) is 3.32. The topological polar surface area (TPSA) is 68.1 Å². The molecule has 26 heavy (non-hydrogen) atoms. The lowest BCUT2D eigenvalue weighted by Gasteiger charge is -2.32. The van der Waals surface area contributed by atoms with Crippen molar-refractivity contribution in [3.05, 3.63) is 42.6 Å². The number of rotatable bonds is 4. The molecule has 1 aromatic heterocycles. The summed E-state index contributed by atoms with van der Waals surface area (Å²) in [6.45, 7) is 5.22. The number of hydrogen-bond donors (Lipinski definition) is 2. The van der Waals surface area contributed by atoms with E-state index in [1.54, 1.807) is 0 Å². The zero-order valence-corrected chi connectivity index (χ0v) is 14.6. The Balaban J connectivity index is 1.28. The minimum atomic E-state index is 0.0166. The van der Waals surface area contributed by atoms with Gasteiger partial charge in [-0.05, 0) is 24.3 Å². The molecule has 1 fully saturated rings. The normalized spacial score (nSPS) is 17.0. The first-order chi connectivity index (χ1) is 12.8. The maximum absolute atomic E-state index is 12.4. The van der Waals surface area contributed by atoms with E-state index < -0.39 is 0 Å². The molecule has 0 unspecified atom stereocenters. The van der Waals surface area contributed by atoms with Crippen molar-refractivity contribution in [2.24, 2.45) is 0 Å². The van der Waals surface area contributed by atoms with E-state index in [1.165, 1.54) is 4.90 Å². The van der Waals surface area contributed by atoms with Crippen molar-refractivity contribution in [3.8, 4) is 11.5 Å². The van der Waals surface area contributed by atoms with Crippen molar-refractivity contribution >= 4 is 17.4 Å². The summed E-state index contributed by atoms with van der Waals surface area (Å²) in [6, 6.07) is 11.5. The summed E-state index contributed by atoms with van der Waals surface area (Å²) in [5, 5.41) is 2.96. The van der Waals surface area contributed by atoms with Crippen LogP contribution in [0.1, 0.15) is 0 Å². The Kier molecular flexibility index (Phi) is 4.88. The molecule has 4 rings (SSSR count). The number of piperazine rings is 1. The second-order valence-corrected chi connectivity index (χ2v) is 6.51. The van der Waals surface area contributed by atoms with Crippen molar-refractivity contribution in [3.63, 3.8) is 0 Å². The van der Waals surface area contributed by atoms with Gasteiger partial charge in [0.05, 0.1) is 26.2 Å². The van der Waals surface area contributed by atoms with Gasteiger partial charge in [-0.15, -0.1) is 0 Å². The monoisotopic (exact) mass is 355 g/mol. The number of carbonyl (C=O) groups excluding carboxylic acids is 1. The molecule has 0 spiro atoms. The van der Waals surface area contributed by atoms with Gasteiger partial charge in [0.2, 0.25) is 0 Å². The van der Waals surface area contributed by atoms with Gasteiger partial charge in [0, 0.05) is 18.0 Å². The Labute approximate surface area is 152 Å². The zero-order chi connectivity index (χ0) is 17.8. The van der Waals surface area contributed by atoms with Crippen molar-refractivity contribution in [2.75, 3.05) is 56.2 Å². The average Bonchev–Trinajstić information content (AvgIpc) is 2.69. The van der Waals surface area contributed by atoms with Crippen LogP contribution in [0.2, 0.25) is 0 Å². The first-order valence-corrected chi connectivity index (χ1v) is 8.97. The quantitative estimate of drug-likeness (QED) is 0.820. The molecular weight excluding hydrogens is 332 g/mol. The molecule has 0 aliphatic carbocycles. The summed E-state index contributed by atoms with van der Waals surface area (Å²) < 4.78 is 11.1. The third-order valence-corrected chi connectivity index (χ3v) is 4.68. The van der Waals surface area contributed by atoms with Gasteiger partial charge in [0.25, 0.3) is 5.91 Å². The van der Waals surface area contributed by atoms with E-state index in [2.05, 4.69) is 15.2 Å². The molecule has 0 saturated carbocycles. The largest absolute Gasteiger partial charge is 0.486 e. The number of benzene rings is 1. The van der Waals surface area contributed by atoms with Crippen molar-refractivity contribution in [2.45, 2.75) is 0 Å². The minimum absolute atomic E-state index is 0.0166. The summed E-state index contributed by atoms with van der Waals surface area (Å²) in [6.07, 6.45) is 1.81. The molecule has 7 heteroatoms. The summed E-state index contributed by atoms with van der Waals surface area (Å²) in [5.41, 5.74) is 0.741. The fraction of sp³-hybridized carbons (Fsp3) is 0.368. The molecule has 0 bridgehead atoms. The number of carbonyl (C=O) groups is 1. The first-order valence-electron chi connectivity index (χ1n) is 8.97. The van der Waals surface area contributed by atoms with Gasteiger partial charge in [-0.25, -0.2) is 4.98 Å². The number of aromatic nitrogens is 1. The SMILES string of the molecule is O=C(C[NH+]1CCN(c2ccccn2)CC1)Nc1ccc2c(c1)OCCO2. The molecule has 1 aromatic carbocycles. The van der Waals surface area contributed by atoms with Crippen molar-refractivity contribution in [1.29, 1.82) is 0 Å². The number of fused-ring (bicyclic) bond motifs is 1. The molecule has 136 valence electrons.